The van der Waals surface area contributed by atoms with Crippen LogP contribution in [0.5, 0.6) is 0 Å². The molecule has 2 heterocycles. The van der Waals surface area contributed by atoms with Crippen molar-refractivity contribution >= 4 is 35.0 Å². The maximum absolute atomic E-state index is 12.8. The van der Waals surface area contributed by atoms with Crippen LogP contribution < -0.4 is 5.32 Å². The Morgan fingerprint density at radius 2 is 1.91 bits per heavy atom. The summed E-state index contributed by atoms with van der Waals surface area (Å²) in [4.78, 5) is 17.0. The highest BCUT2D eigenvalue weighted by Crippen LogP contribution is 2.29. The number of nitrogens with one attached hydrogen (secondary N) is 1. The molecule has 0 spiro atoms. The monoisotopic (exact) mass is 463 g/mol. The first-order valence-electron chi connectivity index (χ1n) is 10.2. The molecule has 0 atom stereocenters. The van der Waals surface area contributed by atoms with Crippen LogP contribution in [0.25, 0.3) is 17.1 Å². The molecule has 0 aliphatic carbocycles. The minimum absolute atomic E-state index is 0.0902. The van der Waals surface area contributed by atoms with Crippen LogP contribution in [0, 0.1) is 6.92 Å². The van der Waals surface area contributed by atoms with Crippen LogP contribution in [-0.2, 0) is 11.2 Å². The van der Waals surface area contributed by atoms with Gasteiger partial charge >= 0.3 is 0 Å². The molecule has 6 nitrogen and oxygen atoms in total. The summed E-state index contributed by atoms with van der Waals surface area (Å²) in [6, 6.07) is 17.2. The van der Waals surface area contributed by atoms with E-state index < -0.39 is 0 Å². The molecule has 0 radical (unpaired) electrons. The number of carbonyl (C=O) groups is 1. The number of thioether (sulfide) groups is 1. The van der Waals surface area contributed by atoms with E-state index in [0.29, 0.717) is 16.0 Å². The van der Waals surface area contributed by atoms with Gasteiger partial charge in [-0.3, -0.25) is 14.3 Å². The van der Waals surface area contributed by atoms with Gasteiger partial charge in [0, 0.05) is 34.4 Å². The van der Waals surface area contributed by atoms with Crippen LogP contribution in [-0.4, -0.2) is 31.4 Å². The molecule has 4 aromatic rings. The molecule has 2 aromatic heterocycles. The number of aromatic nitrogens is 4. The fourth-order valence-electron chi connectivity index (χ4n) is 3.38. The molecule has 0 aliphatic heterocycles. The van der Waals surface area contributed by atoms with Gasteiger partial charge in [-0.2, -0.15) is 0 Å². The number of amides is 1. The average molecular weight is 464 g/mol. The summed E-state index contributed by atoms with van der Waals surface area (Å²) in [7, 11) is 0. The molecule has 0 saturated carbocycles. The lowest BCUT2D eigenvalue weighted by Gasteiger charge is -2.13. The van der Waals surface area contributed by atoms with Gasteiger partial charge in [0.1, 0.15) is 0 Å². The molecule has 0 saturated heterocycles. The van der Waals surface area contributed by atoms with Gasteiger partial charge < -0.3 is 5.32 Å². The number of aryl methyl sites for hydroxylation is 2. The van der Waals surface area contributed by atoms with Crippen LogP contribution >= 0.6 is 23.4 Å². The van der Waals surface area contributed by atoms with Crippen molar-refractivity contribution in [2.75, 3.05) is 11.1 Å². The van der Waals surface area contributed by atoms with Crippen LogP contribution in [0.4, 0.5) is 5.69 Å². The third-order valence-corrected chi connectivity index (χ3v) is 6.16. The average Bonchev–Trinajstić information content (AvgIpc) is 3.24. The van der Waals surface area contributed by atoms with Crippen molar-refractivity contribution in [1.29, 1.82) is 0 Å². The molecular formula is C24H22ClN5OS. The van der Waals surface area contributed by atoms with Crippen molar-refractivity contribution in [3.63, 3.8) is 0 Å². The number of hydrogen-bond acceptors (Lipinski definition) is 5. The fourth-order valence-corrected chi connectivity index (χ4v) is 4.25. The number of rotatable bonds is 7. The van der Waals surface area contributed by atoms with Crippen molar-refractivity contribution in [1.82, 2.24) is 19.7 Å². The van der Waals surface area contributed by atoms with E-state index in [2.05, 4.69) is 27.4 Å². The molecule has 0 unspecified atom stereocenters. The standard InChI is InChI=1S/C24H22ClN5OS/c1-3-17-7-4-6-16(2)22(17)27-21(31)15-32-24-29-28-23(18-8-5-13-26-14-18)30(24)20-11-9-19(25)10-12-20/h4-14H,3,15H2,1-2H3,(H,27,31). The summed E-state index contributed by atoms with van der Waals surface area (Å²) in [5.41, 5.74) is 4.74. The highest BCUT2D eigenvalue weighted by atomic mass is 35.5. The third-order valence-electron chi connectivity index (χ3n) is 4.97. The third kappa shape index (κ3) is 4.84. The lowest BCUT2D eigenvalue weighted by atomic mass is 10.1. The van der Waals surface area contributed by atoms with Crippen LogP contribution in [0.3, 0.4) is 0 Å². The summed E-state index contributed by atoms with van der Waals surface area (Å²) in [6.45, 7) is 4.08. The zero-order valence-electron chi connectivity index (χ0n) is 17.7. The maximum Gasteiger partial charge on any atom is 0.234 e. The Morgan fingerprint density at radius 1 is 1.09 bits per heavy atom. The van der Waals surface area contributed by atoms with Gasteiger partial charge in [0.15, 0.2) is 11.0 Å². The number of para-hydroxylation sites is 1. The van der Waals surface area contributed by atoms with E-state index in [1.54, 1.807) is 12.4 Å². The summed E-state index contributed by atoms with van der Waals surface area (Å²) in [5.74, 6) is 0.763. The van der Waals surface area contributed by atoms with Crippen LogP contribution in [0.2, 0.25) is 5.02 Å². The van der Waals surface area contributed by atoms with Crippen molar-refractivity contribution < 1.29 is 4.79 Å². The quantitative estimate of drug-likeness (QED) is 0.362. The number of halogens is 1. The first kappa shape index (κ1) is 22.0. The Balaban J connectivity index is 1.60. The maximum atomic E-state index is 12.8. The van der Waals surface area contributed by atoms with Gasteiger partial charge in [-0.25, -0.2) is 0 Å². The van der Waals surface area contributed by atoms with Crippen molar-refractivity contribution in [3.8, 4) is 17.1 Å². The molecule has 1 amide bonds. The summed E-state index contributed by atoms with van der Waals surface area (Å²) in [6.07, 6.45) is 4.30. The molecule has 2 aromatic carbocycles. The van der Waals surface area contributed by atoms with E-state index in [1.807, 2.05) is 66.1 Å². The van der Waals surface area contributed by atoms with E-state index in [-0.39, 0.29) is 11.7 Å². The number of anilines is 1. The Kier molecular flexibility index (Phi) is 6.87. The van der Waals surface area contributed by atoms with Crippen LogP contribution in [0.1, 0.15) is 18.1 Å². The first-order valence-corrected chi connectivity index (χ1v) is 11.6. The minimum Gasteiger partial charge on any atom is -0.325 e. The van der Waals surface area contributed by atoms with Gasteiger partial charge in [-0.1, -0.05) is 48.5 Å². The molecule has 1 N–H and O–H groups in total. The second kappa shape index (κ2) is 9.97. The number of hydrogen-bond donors (Lipinski definition) is 1. The molecular weight excluding hydrogens is 442 g/mol. The Hall–Kier alpha value is -3.16. The Morgan fingerprint density at radius 3 is 2.62 bits per heavy atom. The number of pyridine rings is 1. The smallest absolute Gasteiger partial charge is 0.234 e. The first-order chi connectivity index (χ1) is 15.6. The molecule has 162 valence electrons. The molecule has 0 fully saturated rings. The zero-order valence-corrected chi connectivity index (χ0v) is 19.3. The number of carbonyl (C=O) groups excluding carboxylic acids is 1. The number of benzene rings is 2. The normalized spacial score (nSPS) is 10.8. The topological polar surface area (TPSA) is 72.7 Å². The predicted molar refractivity (Wildman–Crippen MR) is 130 cm³/mol. The van der Waals surface area contributed by atoms with E-state index in [0.717, 1.165) is 34.5 Å². The molecule has 8 heteroatoms. The second-order valence-corrected chi connectivity index (χ2v) is 8.54. The fraction of sp³-hybridized carbons (Fsp3) is 0.167. The minimum atomic E-state index is -0.0902. The van der Waals surface area contributed by atoms with Gasteiger partial charge in [-0.15, -0.1) is 10.2 Å². The summed E-state index contributed by atoms with van der Waals surface area (Å²) in [5, 5.41) is 13.0. The van der Waals surface area contributed by atoms with E-state index in [4.69, 9.17) is 11.6 Å². The molecule has 4 rings (SSSR count). The largest absolute Gasteiger partial charge is 0.325 e. The van der Waals surface area contributed by atoms with E-state index in [9.17, 15) is 4.79 Å². The van der Waals surface area contributed by atoms with Gasteiger partial charge in [0.05, 0.1) is 5.75 Å². The highest BCUT2D eigenvalue weighted by molar-refractivity contribution is 7.99. The summed E-state index contributed by atoms with van der Waals surface area (Å²) < 4.78 is 1.91. The van der Waals surface area contributed by atoms with Crippen molar-refractivity contribution in [3.05, 3.63) is 83.1 Å². The van der Waals surface area contributed by atoms with Crippen LogP contribution in [0.15, 0.2) is 72.1 Å². The highest BCUT2D eigenvalue weighted by Gasteiger charge is 2.18. The van der Waals surface area contributed by atoms with Gasteiger partial charge in [-0.05, 0) is 60.9 Å². The van der Waals surface area contributed by atoms with E-state index >= 15 is 0 Å². The van der Waals surface area contributed by atoms with Gasteiger partial charge in [0.2, 0.25) is 5.91 Å². The molecule has 32 heavy (non-hydrogen) atoms. The SMILES string of the molecule is CCc1cccc(C)c1NC(=O)CSc1nnc(-c2cccnc2)n1-c1ccc(Cl)cc1. The predicted octanol–water partition coefficient (Wildman–Crippen LogP) is 5.58. The van der Waals surface area contributed by atoms with E-state index in [1.165, 1.54) is 11.8 Å². The van der Waals surface area contributed by atoms with Crippen molar-refractivity contribution in [2.24, 2.45) is 0 Å². The van der Waals surface area contributed by atoms with Gasteiger partial charge in [0.25, 0.3) is 0 Å². The second-order valence-electron chi connectivity index (χ2n) is 7.16. The zero-order chi connectivity index (χ0) is 22.5. The Bertz CT molecular complexity index is 1230. The summed E-state index contributed by atoms with van der Waals surface area (Å²) >= 11 is 7.41. The number of nitrogens with zero attached hydrogens (tertiary/aromatic N) is 4. The lowest BCUT2D eigenvalue weighted by Crippen LogP contribution is -2.16. The van der Waals surface area contributed by atoms with Crippen molar-refractivity contribution in [2.45, 2.75) is 25.4 Å². The lowest BCUT2D eigenvalue weighted by molar-refractivity contribution is -0.113. The molecule has 0 bridgehead atoms. The Labute approximate surface area is 196 Å². The molecule has 0 aliphatic rings.